The van der Waals surface area contributed by atoms with Crippen molar-refractivity contribution in [1.82, 2.24) is 4.57 Å². The number of hydrogen-bond acceptors (Lipinski definition) is 4. The zero-order valence-electron chi connectivity index (χ0n) is 18.7. The van der Waals surface area contributed by atoms with Crippen LogP contribution in [0.2, 0.25) is 10.0 Å². The molecule has 0 bridgehead atoms. The van der Waals surface area contributed by atoms with Gasteiger partial charge >= 0.3 is 6.18 Å². The van der Waals surface area contributed by atoms with Gasteiger partial charge in [0.2, 0.25) is 0 Å². The number of carbonyl (C=O) groups is 1. The van der Waals surface area contributed by atoms with Crippen LogP contribution in [0, 0.1) is 6.92 Å². The van der Waals surface area contributed by atoms with E-state index >= 15 is 0 Å². The van der Waals surface area contributed by atoms with Gasteiger partial charge in [0.25, 0.3) is 5.91 Å². The minimum Gasteiger partial charge on any atom is -0.393 e. The molecule has 35 heavy (non-hydrogen) atoms. The van der Waals surface area contributed by atoms with Crippen molar-refractivity contribution in [2.24, 2.45) is 0 Å². The van der Waals surface area contributed by atoms with E-state index in [1.54, 1.807) is 0 Å². The maximum absolute atomic E-state index is 13.8. The Bertz CT molecular complexity index is 1400. The molecule has 0 aliphatic heterocycles. The maximum Gasteiger partial charge on any atom is 0.418 e. The molecule has 1 atom stereocenters. The molecule has 0 spiro atoms. The Labute approximate surface area is 210 Å². The van der Waals surface area contributed by atoms with Crippen LogP contribution >= 0.6 is 23.2 Å². The van der Waals surface area contributed by atoms with Crippen molar-refractivity contribution in [3.63, 3.8) is 0 Å². The summed E-state index contributed by atoms with van der Waals surface area (Å²) in [6.07, 6.45) is -4.65. The van der Waals surface area contributed by atoms with Crippen LogP contribution in [0.1, 0.15) is 34.2 Å². The van der Waals surface area contributed by atoms with Gasteiger partial charge in [-0.25, -0.2) is 8.42 Å². The minimum atomic E-state index is -4.72. The Morgan fingerprint density at radius 1 is 1.14 bits per heavy atom. The first-order valence-corrected chi connectivity index (χ1v) is 12.8. The number of nitrogens with zero attached hydrogens (tertiary/aromatic N) is 1. The second-order valence-electron chi connectivity index (χ2n) is 8.05. The number of alkyl halides is 3. The van der Waals surface area contributed by atoms with Crippen molar-refractivity contribution in [2.75, 3.05) is 11.6 Å². The number of aliphatic hydroxyl groups excluding tert-OH is 1. The third kappa shape index (κ3) is 6.00. The van der Waals surface area contributed by atoms with Gasteiger partial charge in [-0.1, -0.05) is 23.2 Å². The molecule has 1 amide bonds. The lowest BCUT2D eigenvalue weighted by atomic mass is 10.1. The highest BCUT2D eigenvalue weighted by Crippen LogP contribution is 2.37. The Balaban J connectivity index is 2.10. The molecule has 6 nitrogen and oxygen atoms in total. The van der Waals surface area contributed by atoms with Crippen LogP contribution in [0.5, 0.6) is 0 Å². The second-order valence-corrected chi connectivity index (χ2v) is 10.9. The lowest BCUT2D eigenvalue weighted by Crippen LogP contribution is -2.16. The quantitative estimate of drug-likeness (QED) is 0.414. The summed E-state index contributed by atoms with van der Waals surface area (Å²) in [4.78, 5) is 12.9. The van der Waals surface area contributed by atoms with Crippen LogP contribution in [0.4, 0.5) is 18.9 Å². The van der Waals surface area contributed by atoms with Gasteiger partial charge in [-0.3, -0.25) is 4.79 Å². The largest absolute Gasteiger partial charge is 0.418 e. The fraction of sp³-hybridized carbons (Fsp3) is 0.261. The SMILES string of the molecule is Cc1c(C(=O)Nc2ccc(S(C)(=O)=O)c(Cl)c2)cc(C[C@H](C)O)n1-c1ccc(Cl)cc1C(F)(F)F. The lowest BCUT2D eigenvalue weighted by Gasteiger charge is -2.19. The first-order valence-electron chi connectivity index (χ1n) is 10.2. The predicted octanol–water partition coefficient (Wildman–Crippen LogP) is 5.69. The number of aliphatic hydroxyl groups is 1. The van der Waals surface area contributed by atoms with Gasteiger partial charge in [0.05, 0.1) is 32.8 Å². The van der Waals surface area contributed by atoms with Gasteiger partial charge in [0, 0.05) is 34.8 Å². The summed E-state index contributed by atoms with van der Waals surface area (Å²) in [6, 6.07) is 8.57. The fourth-order valence-corrected chi connectivity index (χ4v) is 5.20. The number of halogens is 5. The molecule has 0 radical (unpaired) electrons. The van der Waals surface area contributed by atoms with Gasteiger partial charge in [-0.2, -0.15) is 13.2 Å². The van der Waals surface area contributed by atoms with Crippen molar-refractivity contribution in [1.29, 1.82) is 0 Å². The summed E-state index contributed by atoms with van der Waals surface area (Å²) in [7, 11) is -3.57. The van der Waals surface area contributed by atoms with Gasteiger partial charge in [-0.05, 0) is 56.3 Å². The number of sulfone groups is 1. The summed E-state index contributed by atoms with van der Waals surface area (Å²) in [5, 5.41) is 12.3. The summed E-state index contributed by atoms with van der Waals surface area (Å²) in [5.41, 5.74) is -0.503. The van der Waals surface area contributed by atoms with E-state index in [2.05, 4.69) is 5.32 Å². The van der Waals surface area contributed by atoms with E-state index in [-0.39, 0.29) is 49.7 Å². The van der Waals surface area contributed by atoms with Crippen LogP contribution < -0.4 is 5.32 Å². The zero-order chi connectivity index (χ0) is 26.3. The standard InChI is InChI=1S/C23H21Cl2F3N2O4S/c1-12(31)8-16-11-17(22(32)29-15-5-7-21(19(25)10-15)35(3,33)34)13(2)30(16)20-6-4-14(24)9-18(20)23(26,27)28/h4-7,9-12,31H,8H2,1-3H3,(H,29,32)/t12-/m0/s1. The Hall–Kier alpha value is -2.53. The Kier molecular flexibility index (Phi) is 7.61. The highest BCUT2D eigenvalue weighted by atomic mass is 35.5. The molecule has 3 rings (SSSR count). The third-order valence-electron chi connectivity index (χ3n) is 5.17. The van der Waals surface area contributed by atoms with Crippen molar-refractivity contribution in [3.8, 4) is 5.69 Å². The molecule has 2 N–H and O–H groups in total. The van der Waals surface area contributed by atoms with Crippen LogP contribution in [-0.2, 0) is 22.4 Å². The topological polar surface area (TPSA) is 88.4 Å². The van der Waals surface area contributed by atoms with Crippen molar-refractivity contribution >= 4 is 44.6 Å². The lowest BCUT2D eigenvalue weighted by molar-refractivity contribution is -0.137. The van der Waals surface area contributed by atoms with E-state index in [1.165, 1.54) is 54.8 Å². The fourth-order valence-electron chi connectivity index (χ4n) is 3.70. The average molecular weight is 549 g/mol. The van der Waals surface area contributed by atoms with Crippen molar-refractivity contribution in [2.45, 2.75) is 37.4 Å². The zero-order valence-corrected chi connectivity index (χ0v) is 21.1. The van der Waals surface area contributed by atoms with Gasteiger partial charge in [0.1, 0.15) is 0 Å². The molecule has 12 heteroatoms. The van der Waals surface area contributed by atoms with Gasteiger partial charge in [0.15, 0.2) is 9.84 Å². The van der Waals surface area contributed by atoms with Crippen molar-refractivity contribution in [3.05, 3.63) is 75.0 Å². The summed E-state index contributed by atoms with van der Waals surface area (Å²) < 4.78 is 66.1. The number of rotatable bonds is 6. The highest BCUT2D eigenvalue weighted by molar-refractivity contribution is 7.90. The van der Waals surface area contributed by atoms with Crippen LogP contribution in [0.3, 0.4) is 0 Å². The first-order chi connectivity index (χ1) is 16.1. The van der Waals surface area contributed by atoms with E-state index in [0.29, 0.717) is 0 Å². The molecule has 0 fully saturated rings. The van der Waals surface area contributed by atoms with Crippen molar-refractivity contribution < 1.29 is 31.5 Å². The second kappa shape index (κ2) is 9.85. The predicted molar refractivity (Wildman–Crippen MR) is 128 cm³/mol. The maximum atomic E-state index is 13.8. The van der Waals surface area contributed by atoms with E-state index in [4.69, 9.17) is 23.2 Å². The molecule has 0 saturated carbocycles. The van der Waals surface area contributed by atoms with E-state index in [9.17, 15) is 31.5 Å². The Morgan fingerprint density at radius 3 is 2.34 bits per heavy atom. The highest BCUT2D eigenvalue weighted by Gasteiger charge is 2.35. The van der Waals surface area contributed by atoms with Crippen LogP contribution in [0.15, 0.2) is 47.4 Å². The smallest absolute Gasteiger partial charge is 0.393 e. The monoisotopic (exact) mass is 548 g/mol. The van der Waals surface area contributed by atoms with Gasteiger partial charge in [-0.15, -0.1) is 0 Å². The molecule has 0 aliphatic carbocycles. The average Bonchev–Trinajstić information content (AvgIpc) is 3.01. The number of carbonyl (C=O) groups excluding carboxylic acids is 1. The summed E-state index contributed by atoms with van der Waals surface area (Å²) >= 11 is 11.8. The molecule has 3 aromatic rings. The normalized spacial score (nSPS) is 13.1. The molecule has 1 aromatic heterocycles. The number of anilines is 1. The molecule has 2 aromatic carbocycles. The number of hydrogen-bond donors (Lipinski definition) is 2. The number of aromatic nitrogens is 1. The number of nitrogens with one attached hydrogen (secondary N) is 1. The summed E-state index contributed by atoms with van der Waals surface area (Å²) in [5.74, 6) is -0.654. The van der Waals surface area contributed by atoms with Crippen LogP contribution in [-0.4, -0.2) is 36.4 Å². The van der Waals surface area contributed by atoms with E-state index in [0.717, 1.165) is 12.3 Å². The molecular weight excluding hydrogens is 528 g/mol. The molecule has 0 aliphatic rings. The van der Waals surface area contributed by atoms with E-state index in [1.807, 2.05) is 0 Å². The van der Waals surface area contributed by atoms with E-state index < -0.39 is 33.6 Å². The van der Waals surface area contributed by atoms with Crippen LogP contribution in [0.25, 0.3) is 5.69 Å². The molecule has 1 heterocycles. The first kappa shape index (κ1) is 27.1. The molecule has 0 saturated heterocycles. The molecule has 0 unspecified atom stereocenters. The molecular formula is C23H21Cl2F3N2O4S. The summed E-state index contributed by atoms with van der Waals surface area (Å²) in [6.45, 7) is 2.96. The number of benzene rings is 2. The third-order valence-corrected chi connectivity index (χ3v) is 6.98. The minimum absolute atomic E-state index is 0.0249. The van der Waals surface area contributed by atoms with Gasteiger partial charge < -0.3 is 15.0 Å². The Morgan fingerprint density at radius 2 is 1.80 bits per heavy atom. The molecule has 188 valence electrons. The number of amides is 1.